The van der Waals surface area contributed by atoms with Crippen molar-refractivity contribution >= 4 is 28.3 Å². The quantitative estimate of drug-likeness (QED) is 0.546. The van der Waals surface area contributed by atoms with Crippen molar-refractivity contribution in [2.75, 3.05) is 5.73 Å². The predicted molar refractivity (Wildman–Crippen MR) is 46.1 cm³/mol. The van der Waals surface area contributed by atoms with Gasteiger partial charge in [-0.15, -0.1) is 0 Å². The van der Waals surface area contributed by atoms with E-state index >= 15 is 0 Å². The molecule has 0 saturated carbocycles. The maximum Gasteiger partial charge on any atom is 0.124 e. The molecule has 3 heteroatoms. The third-order valence-corrected chi connectivity index (χ3v) is 2.02. The summed E-state index contributed by atoms with van der Waals surface area (Å²) in [5, 5.41) is 0. The first kappa shape index (κ1) is 6.80. The minimum absolute atomic E-state index is 0.790. The Labute approximate surface area is 67.6 Å². The number of nitrogens with zero attached hydrogens (tertiary/aromatic N) is 1. The number of hydrogen-bond donors (Lipinski definition) is 1. The largest absolute Gasteiger partial charge is 0.396 e. The van der Waals surface area contributed by atoms with Crippen molar-refractivity contribution in [3.63, 3.8) is 0 Å². The normalized spacial score (nSPS) is 9.56. The third kappa shape index (κ3) is 1.32. The molecule has 0 aliphatic rings. The number of nitrogens with two attached hydrogens (primary N) is 1. The van der Waals surface area contributed by atoms with Crippen molar-refractivity contribution in [1.29, 1.82) is 0 Å². The van der Waals surface area contributed by atoms with Crippen LogP contribution in [0.5, 0.6) is 0 Å². The standard InChI is InChI=1S/C6H7IN2/c1-4-2-3-9-6(7)5(4)8/h2-3H,8H2,1H3. The molecule has 2 N–H and O–H groups in total. The second-order valence-corrected chi connectivity index (χ2v) is 2.85. The second kappa shape index (κ2) is 2.51. The molecule has 9 heavy (non-hydrogen) atoms. The number of aromatic nitrogens is 1. The lowest BCUT2D eigenvalue weighted by Crippen LogP contribution is -1.94. The number of rotatable bonds is 0. The van der Waals surface area contributed by atoms with Gasteiger partial charge in [0.2, 0.25) is 0 Å². The van der Waals surface area contributed by atoms with Gasteiger partial charge < -0.3 is 5.73 Å². The van der Waals surface area contributed by atoms with Gasteiger partial charge in [-0.1, -0.05) is 0 Å². The Kier molecular flexibility index (Phi) is 1.90. The van der Waals surface area contributed by atoms with Crippen LogP contribution in [0.4, 0.5) is 5.69 Å². The van der Waals surface area contributed by atoms with E-state index in [1.165, 1.54) is 0 Å². The van der Waals surface area contributed by atoms with Crippen molar-refractivity contribution in [3.8, 4) is 0 Å². The van der Waals surface area contributed by atoms with Crippen LogP contribution < -0.4 is 5.73 Å². The van der Waals surface area contributed by atoms with Crippen LogP contribution >= 0.6 is 22.6 Å². The van der Waals surface area contributed by atoms with E-state index in [2.05, 4.69) is 27.6 Å². The first-order valence-electron chi connectivity index (χ1n) is 2.58. The summed E-state index contributed by atoms with van der Waals surface area (Å²) in [6.45, 7) is 1.97. The monoisotopic (exact) mass is 234 g/mol. The van der Waals surface area contributed by atoms with Crippen molar-refractivity contribution in [3.05, 3.63) is 21.5 Å². The van der Waals surface area contributed by atoms with E-state index in [9.17, 15) is 0 Å². The lowest BCUT2D eigenvalue weighted by atomic mass is 10.3. The summed E-state index contributed by atoms with van der Waals surface area (Å²) in [6, 6.07) is 1.90. The highest BCUT2D eigenvalue weighted by Gasteiger charge is 1.96. The van der Waals surface area contributed by atoms with Gasteiger partial charge in [-0.3, -0.25) is 0 Å². The van der Waals surface area contributed by atoms with Crippen molar-refractivity contribution in [1.82, 2.24) is 4.98 Å². The summed E-state index contributed by atoms with van der Waals surface area (Å²) >= 11 is 2.11. The molecule has 0 spiro atoms. The highest BCUT2D eigenvalue weighted by Crippen LogP contribution is 2.14. The maximum atomic E-state index is 5.61. The van der Waals surface area contributed by atoms with Crippen LogP contribution in [0.25, 0.3) is 0 Å². The Morgan fingerprint density at radius 1 is 1.67 bits per heavy atom. The second-order valence-electron chi connectivity index (χ2n) is 1.83. The number of anilines is 1. The van der Waals surface area contributed by atoms with Crippen LogP contribution in [-0.4, -0.2) is 4.98 Å². The number of hydrogen-bond acceptors (Lipinski definition) is 2. The van der Waals surface area contributed by atoms with Crippen molar-refractivity contribution in [2.45, 2.75) is 6.92 Å². The molecule has 0 aromatic carbocycles. The Balaban J connectivity index is 3.25. The molecule has 1 aromatic heterocycles. The molecule has 0 atom stereocenters. The summed E-state index contributed by atoms with van der Waals surface area (Å²) in [5.41, 5.74) is 7.49. The average molecular weight is 234 g/mol. The summed E-state index contributed by atoms with van der Waals surface area (Å²) in [5.74, 6) is 0. The zero-order valence-corrected chi connectivity index (χ0v) is 7.21. The molecular weight excluding hydrogens is 227 g/mol. The van der Waals surface area contributed by atoms with Gasteiger partial charge in [0, 0.05) is 6.20 Å². The number of halogens is 1. The van der Waals surface area contributed by atoms with E-state index in [0.717, 1.165) is 15.0 Å². The fourth-order valence-electron chi connectivity index (χ4n) is 0.537. The number of pyridine rings is 1. The molecule has 0 aliphatic heterocycles. The summed E-state index contributed by atoms with van der Waals surface area (Å²) in [4.78, 5) is 4.00. The predicted octanol–water partition coefficient (Wildman–Crippen LogP) is 1.58. The van der Waals surface area contributed by atoms with E-state index < -0.39 is 0 Å². The molecule has 0 unspecified atom stereocenters. The van der Waals surface area contributed by atoms with E-state index in [1.54, 1.807) is 6.20 Å². The molecule has 0 bridgehead atoms. The molecule has 1 aromatic rings. The van der Waals surface area contributed by atoms with Crippen molar-refractivity contribution in [2.24, 2.45) is 0 Å². The van der Waals surface area contributed by atoms with Crippen LogP contribution in [0.15, 0.2) is 12.3 Å². The summed E-state index contributed by atoms with van der Waals surface area (Å²) in [7, 11) is 0. The molecule has 2 nitrogen and oxygen atoms in total. The molecule has 0 radical (unpaired) electrons. The van der Waals surface area contributed by atoms with E-state index in [1.807, 2.05) is 13.0 Å². The molecule has 0 aliphatic carbocycles. The first-order valence-corrected chi connectivity index (χ1v) is 3.66. The lowest BCUT2D eigenvalue weighted by molar-refractivity contribution is 1.24. The fraction of sp³-hybridized carbons (Fsp3) is 0.167. The molecular formula is C6H7IN2. The fourth-order valence-corrected chi connectivity index (χ4v) is 1.12. The lowest BCUT2D eigenvalue weighted by Gasteiger charge is -1.98. The zero-order chi connectivity index (χ0) is 6.85. The molecule has 1 rings (SSSR count). The zero-order valence-electron chi connectivity index (χ0n) is 5.06. The molecule has 48 valence electrons. The van der Waals surface area contributed by atoms with Crippen molar-refractivity contribution < 1.29 is 0 Å². The van der Waals surface area contributed by atoms with Gasteiger partial charge in [0.25, 0.3) is 0 Å². The van der Waals surface area contributed by atoms with Gasteiger partial charge in [0.15, 0.2) is 0 Å². The molecule has 1 heterocycles. The SMILES string of the molecule is Cc1ccnc(I)c1N. The summed E-state index contributed by atoms with van der Waals surface area (Å²) < 4.78 is 0.882. The Hall–Kier alpha value is -0.320. The molecule has 0 amide bonds. The topological polar surface area (TPSA) is 38.9 Å². The van der Waals surface area contributed by atoms with E-state index in [-0.39, 0.29) is 0 Å². The number of aryl methyl sites for hydroxylation is 1. The highest BCUT2D eigenvalue weighted by atomic mass is 127. The Morgan fingerprint density at radius 2 is 2.33 bits per heavy atom. The van der Waals surface area contributed by atoms with E-state index in [4.69, 9.17) is 5.73 Å². The minimum Gasteiger partial charge on any atom is -0.396 e. The van der Waals surface area contributed by atoms with Crippen LogP contribution in [0.1, 0.15) is 5.56 Å². The third-order valence-electron chi connectivity index (χ3n) is 1.16. The highest BCUT2D eigenvalue weighted by molar-refractivity contribution is 14.1. The minimum atomic E-state index is 0.790. The molecule has 0 saturated heterocycles. The first-order chi connectivity index (χ1) is 4.22. The number of nitrogen functional groups attached to an aromatic ring is 1. The van der Waals surface area contributed by atoms with Gasteiger partial charge in [0.05, 0.1) is 5.69 Å². The Morgan fingerprint density at radius 3 is 2.78 bits per heavy atom. The van der Waals surface area contributed by atoms with Crippen LogP contribution in [0.3, 0.4) is 0 Å². The summed E-state index contributed by atoms with van der Waals surface area (Å²) in [6.07, 6.45) is 1.76. The van der Waals surface area contributed by atoms with Gasteiger partial charge in [-0.05, 0) is 41.1 Å². The maximum absolute atomic E-state index is 5.61. The Bertz CT molecular complexity index is 202. The van der Waals surface area contributed by atoms with Gasteiger partial charge in [-0.2, -0.15) is 0 Å². The van der Waals surface area contributed by atoms with E-state index in [0.29, 0.717) is 0 Å². The van der Waals surface area contributed by atoms with Crippen LogP contribution in [-0.2, 0) is 0 Å². The van der Waals surface area contributed by atoms with Gasteiger partial charge in [0.1, 0.15) is 3.70 Å². The van der Waals surface area contributed by atoms with Gasteiger partial charge >= 0.3 is 0 Å². The smallest absolute Gasteiger partial charge is 0.124 e. The average Bonchev–Trinajstić information content (AvgIpc) is 1.83. The van der Waals surface area contributed by atoms with Crippen LogP contribution in [0, 0.1) is 10.6 Å². The van der Waals surface area contributed by atoms with Gasteiger partial charge in [-0.25, -0.2) is 4.98 Å². The molecule has 0 fully saturated rings. The van der Waals surface area contributed by atoms with Crippen LogP contribution in [0.2, 0.25) is 0 Å².